The lowest BCUT2D eigenvalue weighted by molar-refractivity contribution is -0.127. The summed E-state index contributed by atoms with van der Waals surface area (Å²) in [6, 6.07) is 17.6. The monoisotopic (exact) mass is 600 g/mol. The summed E-state index contributed by atoms with van der Waals surface area (Å²) in [7, 11) is 0. The quantitative estimate of drug-likeness (QED) is 0.328. The molecule has 0 aromatic heterocycles. The predicted octanol–water partition coefficient (Wildman–Crippen LogP) is 6.09. The van der Waals surface area contributed by atoms with Gasteiger partial charge in [0.2, 0.25) is 12.7 Å². The normalized spacial score (nSPS) is 15.4. The summed E-state index contributed by atoms with van der Waals surface area (Å²) < 4.78 is 17.3. The average Bonchev–Trinajstić information content (AvgIpc) is 3.44. The van der Waals surface area contributed by atoms with Crippen LogP contribution in [-0.2, 0) is 16.2 Å². The molecule has 8 nitrogen and oxygen atoms in total. The molecule has 1 saturated heterocycles. The zero-order valence-electron chi connectivity index (χ0n) is 19.0. The molecule has 0 bridgehead atoms. The number of benzene rings is 3. The number of halogens is 2. The predicted molar refractivity (Wildman–Crippen MR) is 144 cm³/mol. The van der Waals surface area contributed by atoms with Crippen molar-refractivity contribution in [3.05, 3.63) is 86.2 Å². The molecule has 0 unspecified atom stereocenters. The number of thioether (sulfide) groups is 1. The third-order valence-corrected chi connectivity index (χ3v) is 7.05. The van der Waals surface area contributed by atoms with Gasteiger partial charge in [0.25, 0.3) is 11.1 Å². The number of anilines is 1. The van der Waals surface area contributed by atoms with E-state index in [1.54, 1.807) is 48.5 Å². The summed E-state index contributed by atoms with van der Waals surface area (Å²) in [6.07, 6.45) is 1.59. The average molecular weight is 602 g/mol. The zero-order chi connectivity index (χ0) is 25.9. The highest BCUT2D eigenvalue weighted by molar-refractivity contribution is 9.10. The van der Waals surface area contributed by atoms with Crippen LogP contribution in [-0.4, -0.2) is 35.3 Å². The van der Waals surface area contributed by atoms with Crippen LogP contribution in [0.25, 0.3) is 6.08 Å². The molecular weight excluding hydrogens is 584 g/mol. The molecule has 3 aromatic rings. The Hall–Kier alpha value is -3.47. The maximum Gasteiger partial charge on any atom is 0.294 e. The number of hydrogen-bond acceptors (Lipinski definition) is 7. The van der Waals surface area contributed by atoms with Gasteiger partial charge in [-0.2, -0.15) is 0 Å². The van der Waals surface area contributed by atoms with Gasteiger partial charge in [0.15, 0.2) is 11.5 Å². The smallest absolute Gasteiger partial charge is 0.294 e. The highest BCUT2D eigenvalue weighted by atomic mass is 79.9. The number of rotatable bonds is 7. The zero-order valence-corrected chi connectivity index (χ0v) is 22.2. The fraction of sp³-hybridized carbons (Fsp3) is 0.115. The molecule has 1 fully saturated rings. The molecule has 0 atom stereocenters. The Kier molecular flexibility index (Phi) is 7.40. The minimum atomic E-state index is -0.556. The number of nitrogens with one attached hydrogen (secondary N) is 1. The van der Waals surface area contributed by atoms with E-state index in [0.29, 0.717) is 40.1 Å². The van der Waals surface area contributed by atoms with Crippen LogP contribution in [0.4, 0.5) is 10.5 Å². The number of hydrogen-bond donors (Lipinski definition) is 1. The van der Waals surface area contributed by atoms with E-state index in [4.69, 9.17) is 25.8 Å². The van der Waals surface area contributed by atoms with E-state index >= 15 is 0 Å². The molecule has 3 amide bonds. The summed E-state index contributed by atoms with van der Waals surface area (Å²) >= 11 is 10.1. The SMILES string of the molecule is O=C(CN1C(=O)S/C(=C/c2cc(Br)ccc2OCc2ccc(Cl)cc2)C1=O)Nc1ccc2c(c1)OCO2. The Labute approximate surface area is 229 Å². The number of carbonyl (C=O) groups excluding carboxylic acids is 3. The molecule has 2 aliphatic rings. The van der Waals surface area contributed by atoms with Crippen LogP contribution in [0.3, 0.4) is 0 Å². The second kappa shape index (κ2) is 10.9. The van der Waals surface area contributed by atoms with Crippen molar-refractivity contribution in [2.45, 2.75) is 6.61 Å². The third-order valence-electron chi connectivity index (χ3n) is 5.40. The van der Waals surface area contributed by atoms with Gasteiger partial charge < -0.3 is 19.5 Å². The maximum absolute atomic E-state index is 13.0. The van der Waals surface area contributed by atoms with E-state index in [2.05, 4.69) is 21.2 Å². The molecule has 5 rings (SSSR count). The van der Waals surface area contributed by atoms with Crippen molar-refractivity contribution in [1.82, 2.24) is 4.90 Å². The molecule has 0 aliphatic carbocycles. The van der Waals surface area contributed by atoms with Crippen LogP contribution in [0, 0.1) is 0 Å². The van der Waals surface area contributed by atoms with Crippen LogP contribution < -0.4 is 19.5 Å². The molecule has 0 spiro atoms. The van der Waals surface area contributed by atoms with Crippen molar-refractivity contribution < 1.29 is 28.6 Å². The van der Waals surface area contributed by atoms with Crippen molar-refractivity contribution in [2.24, 2.45) is 0 Å². The van der Waals surface area contributed by atoms with E-state index in [1.165, 1.54) is 0 Å². The number of carbonyl (C=O) groups is 3. The van der Waals surface area contributed by atoms with E-state index in [0.717, 1.165) is 26.7 Å². The summed E-state index contributed by atoms with van der Waals surface area (Å²) in [5, 5.41) is 2.77. The van der Waals surface area contributed by atoms with Crippen molar-refractivity contribution >= 4 is 68.1 Å². The van der Waals surface area contributed by atoms with E-state index in [9.17, 15) is 14.4 Å². The van der Waals surface area contributed by atoms with Gasteiger partial charge in [-0.05, 0) is 65.9 Å². The standard InChI is InChI=1S/C26H18BrClN2O6S/c27-17-3-7-20(34-13-15-1-4-18(28)5-2-15)16(9-17)10-23-25(32)30(26(33)37-23)12-24(31)29-19-6-8-21-22(11-19)36-14-35-21/h1-11H,12-14H2,(H,29,31)/b23-10+. The number of ether oxygens (including phenoxy) is 3. The van der Waals surface area contributed by atoms with Crippen LogP contribution in [0.15, 0.2) is 70.0 Å². The van der Waals surface area contributed by atoms with Gasteiger partial charge in [-0.3, -0.25) is 19.3 Å². The number of fused-ring (bicyclic) bond motifs is 1. The van der Waals surface area contributed by atoms with Crippen LogP contribution >= 0.6 is 39.3 Å². The lowest BCUT2D eigenvalue weighted by Gasteiger charge is -2.13. The molecule has 37 heavy (non-hydrogen) atoms. The Morgan fingerprint density at radius 2 is 1.86 bits per heavy atom. The summed E-state index contributed by atoms with van der Waals surface area (Å²) in [4.78, 5) is 39.2. The topological polar surface area (TPSA) is 94.2 Å². The summed E-state index contributed by atoms with van der Waals surface area (Å²) in [5.41, 5.74) is 2.00. The first-order valence-electron chi connectivity index (χ1n) is 11.0. The Morgan fingerprint density at radius 3 is 2.68 bits per heavy atom. The molecule has 2 heterocycles. The largest absolute Gasteiger partial charge is 0.488 e. The number of imide groups is 1. The minimum absolute atomic E-state index is 0.113. The van der Waals surface area contributed by atoms with Gasteiger partial charge in [-0.15, -0.1) is 0 Å². The van der Waals surface area contributed by atoms with Gasteiger partial charge in [-0.1, -0.05) is 39.7 Å². The molecule has 188 valence electrons. The highest BCUT2D eigenvalue weighted by Crippen LogP contribution is 2.36. The van der Waals surface area contributed by atoms with Crippen molar-refractivity contribution in [2.75, 3.05) is 18.7 Å². The fourth-order valence-corrected chi connectivity index (χ4v) is 4.94. The molecule has 2 aliphatic heterocycles. The molecule has 1 N–H and O–H groups in total. The first-order chi connectivity index (χ1) is 17.9. The van der Waals surface area contributed by atoms with Gasteiger partial charge in [0, 0.05) is 26.8 Å². The second-order valence-electron chi connectivity index (χ2n) is 7.98. The fourth-order valence-electron chi connectivity index (χ4n) is 3.60. The first kappa shape index (κ1) is 25.2. The first-order valence-corrected chi connectivity index (χ1v) is 13.0. The van der Waals surface area contributed by atoms with E-state index in [-0.39, 0.29) is 11.7 Å². The van der Waals surface area contributed by atoms with Gasteiger partial charge >= 0.3 is 0 Å². The van der Waals surface area contributed by atoms with E-state index in [1.807, 2.05) is 18.2 Å². The molecule has 0 radical (unpaired) electrons. The molecular formula is C26H18BrClN2O6S. The Bertz CT molecular complexity index is 1430. The minimum Gasteiger partial charge on any atom is -0.488 e. The van der Waals surface area contributed by atoms with Gasteiger partial charge in [0.1, 0.15) is 18.9 Å². The number of amides is 3. The van der Waals surface area contributed by atoms with Crippen LogP contribution in [0.2, 0.25) is 5.02 Å². The van der Waals surface area contributed by atoms with Crippen LogP contribution in [0.1, 0.15) is 11.1 Å². The Morgan fingerprint density at radius 1 is 1.08 bits per heavy atom. The lowest BCUT2D eigenvalue weighted by atomic mass is 10.1. The van der Waals surface area contributed by atoms with E-state index < -0.39 is 23.6 Å². The lowest BCUT2D eigenvalue weighted by Crippen LogP contribution is -2.36. The second-order valence-corrected chi connectivity index (χ2v) is 10.3. The maximum atomic E-state index is 13.0. The Balaban J connectivity index is 1.27. The van der Waals surface area contributed by atoms with Gasteiger partial charge in [0.05, 0.1) is 4.91 Å². The molecule has 11 heteroatoms. The highest BCUT2D eigenvalue weighted by Gasteiger charge is 2.36. The molecule has 3 aromatic carbocycles. The number of nitrogens with zero attached hydrogens (tertiary/aromatic N) is 1. The molecule has 0 saturated carbocycles. The van der Waals surface area contributed by atoms with Gasteiger partial charge in [-0.25, -0.2) is 0 Å². The van der Waals surface area contributed by atoms with Crippen molar-refractivity contribution in [3.63, 3.8) is 0 Å². The van der Waals surface area contributed by atoms with Crippen molar-refractivity contribution in [1.29, 1.82) is 0 Å². The third kappa shape index (κ3) is 5.93. The summed E-state index contributed by atoms with van der Waals surface area (Å²) in [5.74, 6) is 0.551. The summed E-state index contributed by atoms with van der Waals surface area (Å²) in [6.45, 7) is -0.0161. The van der Waals surface area contributed by atoms with Crippen molar-refractivity contribution in [3.8, 4) is 17.2 Å². The van der Waals surface area contributed by atoms with Crippen LogP contribution in [0.5, 0.6) is 17.2 Å².